The summed E-state index contributed by atoms with van der Waals surface area (Å²) in [6, 6.07) is 11.9. The maximum Gasteiger partial charge on any atom is 0.272 e. The third-order valence-corrected chi connectivity index (χ3v) is 4.58. The molecule has 1 aliphatic heterocycles. The molecule has 2 aromatic carbocycles. The molecule has 24 heavy (non-hydrogen) atoms. The van der Waals surface area contributed by atoms with Crippen LogP contribution in [0.25, 0.3) is 0 Å². The fourth-order valence-corrected chi connectivity index (χ4v) is 3.24. The van der Waals surface area contributed by atoms with Crippen LogP contribution in [0.15, 0.2) is 42.5 Å². The summed E-state index contributed by atoms with van der Waals surface area (Å²) < 4.78 is 13.6. The molecule has 5 nitrogen and oxygen atoms in total. The lowest BCUT2D eigenvalue weighted by Gasteiger charge is -2.36. The number of nitro benzene ring substituents is 1. The molecular weight excluding hydrogens is 309 g/mol. The fraction of sp³-hybridized carbons (Fsp3) is 0.333. The molecule has 0 aromatic heterocycles. The molecule has 3 rings (SSSR count). The first-order valence-corrected chi connectivity index (χ1v) is 7.99. The SMILES string of the molecule is Cc1c(CN2CCNCC2c2cccc(F)c2)cccc1[N+](=O)[O-]. The Morgan fingerprint density at radius 3 is 2.88 bits per heavy atom. The number of nitro groups is 1. The first-order valence-electron chi connectivity index (χ1n) is 7.99. The number of nitrogens with one attached hydrogen (secondary N) is 1. The lowest BCUT2D eigenvalue weighted by atomic mass is 10.0. The average molecular weight is 329 g/mol. The summed E-state index contributed by atoms with van der Waals surface area (Å²) in [6.07, 6.45) is 0. The van der Waals surface area contributed by atoms with Crippen LogP contribution in [0.5, 0.6) is 0 Å². The standard InChI is InChI=1S/C18H20FN3O2/c1-13-15(5-3-7-17(13)22(23)24)12-21-9-8-20-11-18(21)14-4-2-6-16(19)10-14/h2-7,10,18,20H,8-9,11-12H2,1H3. The lowest BCUT2D eigenvalue weighted by molar-refractivity contribution is -0.385. The summed E-state index contributed by atoms with van der Waals surface area (Å²) in [7, 11) is 0. The highest BCUT2D eigenvalue weighted by atomic mass is 19.1. The monoisotopic (exact) mass is 329 g/mol. The van der Waals surface area contributed by atoms with E-state index in [1.165, 1.54) is 12.1 Å². The van der Waals surface area contributed by atoms with Crippen molar-refractivity contribution in [3.63, 3.8) is 0 Å². The van der Waals surface area contributed by atoms with Crippen molar-refractivity contribution in [2.24, 2.45) is 0 Å². The average Bonchev–Trinajstić information content (AvgIpc) is 2.57. The van der Waals surface area contributed by atoms with E-state index in [0.29, 0.717) is 12.1 Å². The number of piperazine rings is 1. The van der Waals surface area contributed by atoms with E-state index >= 15 is 0 Å². The van der Waals surface area contributed by atoms with Gasteiger partial charge in [-0.15, -0.1) is 0 Å². The van der Waals surface area contributed by atoms with Crippen molar-refractivity contribution < 1.29 is 9.31 Å². The highest BCUT2D eigenvalue weighted by Gasteiger charge is 2.25. The molecule has 0 amide bonds. The van der Waals surface area contributed by atoms with E-state index in [0.717, 1.165) is 30.8 Å². The predicted molar refractivity (Wildman–Crippen MR) is 90.3 cm³/mol. The van der Waals surface area contributed by atoms with Gasteiger partial charge in [0, 0.05) is 43.9 Å². The third kappa shape index (κ3) is 3.44. The van der Waals surface area contributed by atoms with Crippen LogP contribution in [0.1, 0.15) is 22.7 Å². The van der Waals surface area contributed by atoms with Crippen molar-refractivity contribution in [2.75, 3.05) is 19.6 Å². The highest BCUT2D eigenvalue weighted by Crippen LogP contribution is 2.28. The van der Waals surface area contributed by atoms with Crippen LogP contribution < -0.4 is 5.32 Å². The zero-order chi connectivity index (χ0) is 17.1. The number of hydrogen-bond acceptors (Lipinski definition) is 4. The Hall–Kier alpha value is -2.31. The molecule has 1 aliphatic rings. The second kappa shape index (κ2) is 7.07. The summed E-state index contributed by atoms with van der Waals surface area (Å²) >= 11 is 0. The third-order valence-electron chi connectivity index (χ3n) is 4.58. The van der Waals surface area contributed by atoms with Crippen LogP contribution in [-0.2, 0) is 6.54 Å². The molecule has 1 heterocycles. The first-order chi connectivity index (χ1) is 11.6. The maximum absolute atomic E-state index is 13.6. The van der Waals surface area contributed by atoms with Gasteiger partial charge in [0.2, 0.25) is 0 Å². The van der Waals surface area contributed by atoms with Crippen molar-refractivity contribution in [2.45, 2.75) is 19.5 Å². The Morgan fingerprint density at radius 2 is 2.12 bits per heavy atom. The normalized spacial score (nSPS) is 18.5. The molecule has 1 atom stereocenters. The zero-order valence-electron chi connectivity index (χ0n) is 13.5. The molecule has 6 heteroatoms. The van der Waals surface area contributed by atoms with E-state index in [2.05, 4.69) is 10.2 Å². The van der Waals surface area contributed by atoms with E-state index in [4.69, 9.17) is 0 Å². The Balaban J connectivity index is 1.87. The van der Waals surface area contributed by atoms with Gasteiger partial charge in [-0.2, -0.15) is 0 Å². The minimum absolute atomic E-state index is 0.0492. The largest absolute Gasteiger partial charge is 0.314 e. The van der Waals surface area contributed by atoms with E-state index in [1.54, 1.807) is 25.1 Å². The molecule has 2 aromatic rings. The quantitative estimate of drug-likeness (QED) is 0.691. The van der Waals surface area contributed by atoms with Gasteiger partial charge in [0.15, 0.2) is 0 Å². The van der Waals surface area contributed by atoms with Gasteiger partial charge in [0.1, 0.15) is 5.82 Å². The van der Waals surface area contributed by atoms with Crippen molar-refractivity contribution in [3.8, 4) is 0 Å². The number of rotatable bonds is 4. The molecule has 0 spiro atoms. The van der Waals surface area contributed by atoms with Crippen LogP contribution in [-0.4, -0.2) is 29.5 Å². The molecule has 0 radical (unpaired) electrons. The van der Waals surface area contributed by atoms with Crippen LogP contribution in [0.4, 0.5) is 10.1 Å². The van der Waals surface area contributed by atoms with Gasteiger partial charge in [0.05, 0.1) is 4.92 Å². The van der Waals surface area contributed by atoms with E-state index in [9.17, 15) is 14.5 Å². The van der Waals surface area contributed by atoms with Gasteiger partial charge < -0.3 is 5.32 Å². The van der Waals surface area contributed by atoms with E-state index in [-0.39, 0.29) is 22.5 Å². The summed E-state index contributed by atoms with van der Waals surface area (Å²) in [5.74, 6) is -0.246. The predicted octanol–water partition coefficient (Wildman–Crippen LogP) is 3.19. The van der Waals surface area contributed by atoms with Gasteiger partial charge in [-0.3, -0.25) is 15.0 Å². The molecule has 1 N–H and O–H groups in total. The van der Waals surface area contributed by atoms with Crippen molar-refractivity contribution in [1.82, 2.24) is 10.2 Å². The summed E-state index contributed by atoms with van der Waals surface area (Å²) in [5, 5.41) is 14.5. The van der Waals surface area contributed by atoms with Crippen LogP contribution in [0.3, 0.4) is 0 Å². The number of nitrogens with zero attached hydrogens (tertiary/aromatic N) is 2. The summed E-state index contributed by atoms with van der Waals surface area (Å²) in [6.45, 7) is 4.78. The Bertz CT molecular complexity index is 751. The van der Waals surface area contributed by atoms with Gasteiger partial charge >= 0.3 is 0 Å². The smallest absolute Gasteiger partial charge is 0.272 e. The Labute approximate surface area is 140 Å². The van der Waals surface area contributed by atoms with Crippen molar-refractivity contribution in [1.29, 1.82) is 0 Å². The number of halogens is 1. The highest BCUT2D eigenvalue weighted by molar-refractivity contribution is 5.44. The fourth-order valence-electron chi connectivity index (χ4n) is 3.24. The number of hydrogen-bond donors (Lipinski definition) is 1. The molecule has 0 saturated carbocycles. The topological polar surface area (TPSA) is 58.4 Å². The summed E-state index contributed by atoms with van der Waals surface area (Å²) in [4.78, 5) is 13.0. The van der Waals surface area contributed by atoms with E-state index in [1.807, 2.05) is 12.1 Å². The molecule has 126 valence electrons. The van der Waals surface area contributed by atoms with Gasteiger partial charge in [-0.05, 0) is 30.2 Å². The molecule has 1 fully saturated rings. The second-order valence-corrected chi connectivity index (χ2v) is 6.06. The van der Waals surface area contributed by atoms with Gasteiger partial charge in [-0.1, -0.05) is 24.3 Å². The van der Waals surface area contributed by atoms with Crippen LogP contribution >= 0.6 is 0 Å². The van der Waals surface area contributed by atoms with Crippen LogP contribution in [0.2, 0.25) is 0 Å². The van der Waals surface area contributed by atoms with E-state index < -0.39 is 0 Å². The maximum atomic E-state index is 13.6. The van der Waals surface area contributed by atoms with Crippen molar-refractivity contribution in [3.05, 3.63) is 75.1 Å². The molecule has 0 bridgehead atoms. The minimum Gasteiger partial charge on any atom is -0.314 e. The molecule has 1 unspecified atom stereocenters. The van der Waals surface area contributed by atoms with Gasteiger partial charge in [-0.25, -0.2) is 4.39 Å². The van der Waals surface area contributed by atoms with Crippen molar-refractivity contribution >= 4 is 5.69 Å². The second-order valence-electron chi connectivity index (χ2n) is 6.06. The molecular formula is C18H20FN3O2. The molecule has 1 saturated heterocycles. The lowest BCUT2D eigenvalue weighted by Crippen LogP contribution is -2.45. The molecule has 0 aliphatic carbocycles. The van der Waals surface area contributed by atoms with Gasteiger partial charge in [0.25, 0.3) is 5.69 Å². The van der Waals surface area contributed by atoms with Crippen LogP contribution in [0, 0.1) is 22.9 Å². The first kappa shape index (κ1) is 16.5. The minimum atomic E-state index is -0.347. The number of benzene rings is 2. The Kier molecular flexibility index (Phi) is 4.87. The summed E-state index contributed by atoms with van der Waals surface area (Å²) in [5.41, 5.74) is 2.70. The Morgan fingerprint density at radius 1 is 1.33 bits per heavy atom. The zero-order valence-corrected chi connectivity index (χ0v) is 13.5.